The number of hydrogen-bond acceptors (Lipinski definition) is 5. The number of carbonyl (C=O) groups is 2. The third-order valence-corrected chi connectivity index (χ3v) is 5.32. The van der Waals surface area contributed by atoms with Crippen LogP contribution >= 0.6 is 23.2 Å². The lowest BCUT2D eigenvalue weighted by atomic mass is 10.1. The predicted octanol–water partition coefficient (Wildman–Crippen LogP) is 3.33. The van der Waals surface area contributed by atoms with E-state index in [1.54, 1.807) is 42.5 Å². The summed E-state index contributed by atoms with van der Waals surface area (Å²) in [6, 6.07) is 11.6. The summed E-state index contributed by atoms with van der Waals surface area (Å²) in [6.45, 7) is 0.398. The molecule has 0 bridgehead atoms. The maximum atomic E-state index is 12.8. The second-order valence-electron chi connectivity index (χ2n) is 6.44. The molecular weight excluding hydrogens is 419 g/mol. The quantitative estimate of drug-likeness (QED) is 0.614. The van der Waals surface area contributed by atoms with Gasteiger partial charge in [0.2, 0.25) is 11.8 Å². The van der Waals surface area contributed by atoms with E-state index in [2.05, 4.69) is 20.0 Å². The van der Waals surface area contributed by atoms with Crippen LogP contribution in [0.15, 0.2) is 51.8 Å². The second-order valence-corrected chi connectivity index (χ2v) is 7.26. The zero-order valence-electron chi connectivity index (χ0n) is 14.8. The number of halogens is 2. The van der Waals surface area contributed by atoms with E-state index in [4.69, 9.17) is 23.2 Å². The van der Waals surface area contributed by atoms with Crippen molar-refractivity contribution in [2.75, 3.05) is 16.8 Å². The molecule has 1 aromatic heterocycles. The zero-order chi connectivity index (χ0) is 20.5. The van der Waals surface area contributed by atoms with Crippen LogP contribution in [0.1, 0.15) is 6.42 Å². The van der Waals surface area contributed by atoms with Crippen LogP contribution in [0.4, 0.5) is 11.4 Å². The number of aromatic amines is 1. The molecule has 3 aromatic rings. The van der Waals surface area contributed by atoms with Gasteiger partial charge in [0.1, 0.15) is 5.92 Å². The Morgan fingerprint density at radius 3 is 2.72 bits per heavy atom. The molecule has 0 radical (unpaired) electrons. The average Bonchev–Trinajstić information content (AvgIpc) is 3.30. The Labute approximate surface area is 174 Å². The number of rotatable bonds is 4. The Morgan fingerprint density at radius 1 is 1.17 bits per heavy atom. The van der Waals surface area contributed by atoms with E-state index >= 15 is 0 Å². The van der Waals surface area contributed by atoms with E-state index in [-0.39, 0.29) is 11.7 Å². The highest BCUT2D eigenvalue weighted by atomic mass is 35.5. The van der Waals surface area contributed by atoms with E-state index in [1.807, 2.05) is 0 Å². The van der Waals surface area contributed by atoms with Crippen molar-refractivity contribution in [3.05, 3.63) is 63.1 Å². The largest absolute Gasteiger partial charge is 0.439 e. The molecule has 148 valence electrons. The van der Waals surface area contributed by atoms with Crippen LogP contribution in [0.5, 0.6) is 0 Å². The molecule has 4 rings (SSSR count). The molecule has 29 heavy (non-hydrogen) atoms. The van der Waals surface area contributed by atoms with E-state index in [0.717, 1.165) is 0 Å². The summed E-state index contributed by atoms with van der Waals surface area (Å²) in [5, 5.41) is 7.09. The maximum Gasteiger partial charge on any atom is 0.439 e. The number of benzene rings is 2. The summed E-state index contributed by atoms with van der Waals surface area (Å²) >= 11 is 12.0. The predicted molar refractivity (Wildman–Crippen MR) is 108 cm³/mol. The SMILES string of the molecule is O=C(Nc1cccc(-c2noc(=O)[nH]2)c1)C1CCN(c2ccc(Cl)c(Cl)c2)C1=O. The fourth-order valence-corrected chi connectivity index (χ4v) is 3.45. The van der Waals surface area contributed by atoms with Gasteiger partial charge in [0.05, 0.1) is 10.0 Å². The van der Waals surface area contributed by atoms with Crippen LogP contribution < -0.4 is 16.0 Å². The highest BCUT2D eigenvalue weighted by Crippen LogP contribution is 2.31. The van der Waals surface area contributed by atoms with Gasteiger partial charge < -0.3 is 10.2 Å². The lowest BCUT2D eigenvalue weighted by Gasteiger charge is -2.17. The van der Waals surface area contributed by atoms with Crippen molar-refractivity contribution in [1.82, 2.24) is 10.1 Å². The molecule has 1 aliphatic heterocycles. The minimum Gasteiger partial charge on any atom is -0.325 e. The fraction of sp³-hybridized carbons (Fsp3) is 0.158. The Balaban J connectivity index is 1.48. The van der Waals surface area contributed by atoms with Gasteiger partial charge in [-0.3, -0.25) is 19.1 Å². The molecule has 1 atom stereocenters. The van der Waals surface area contributed by atoms with Gasteiger partial charge in [0.25, 0.3) is 0 Å². The number of nitrogens with one attached hydrogen (secondary N) is 2. The summed E-state index contributed by atoms with van der Waals surface area (Å²) in [4.78, 5) is 40.5. The third kappa shape index (κ3) is 3.90. The normalized spacial score (nSPS) is 16.3. The Bertz CT molecular complexity index is 1160. The number of H-pyrrole nitrogens is 1. The number of anilines is 2. The summed E-state index contributed by atoms with van der Waals surface area (Å²) in [5.74, 6) is -1.97. The zero-order valence-corrected chi connectivity index (χ0v) is 16.3. The van der Waals surface area contributed by atoms with Crippen molar-refractivity contribution in [3.8, 4) is 11.4 Å². The lowest BCUT2D eigenvalue weighted by Crippen LogP contribution is -2.33. The third-order valence-electron chi connectivity index (χ3n) is 4.58. The van der Waals surface area contributed by atoms with Gasteiger partial charge in [-0.25, -0.2) is 4.79 Å². The van der Waals surface area contributed by atoms with Gasteiger partial charge in [-0.05, 0) is 36.8 Å². The summed E-state index contributed by atoms with van der Waals surface area (Å²) < 4.78 is 4.49. The van der Waals surface area contributed by atoms with Crippen molar-refractivity contribution in [1.29, 1.82) is 0 Å². The van der Waals surface area contributed by atoms with E-state index in [0.29, 0.717) is 39.9 Å². The maximum absolute atomic E-state index is 12.8. The Morgan fingerprint density at radius 2 is 2.00 bits per heavy atom. The van der Waals surface area contributed by atoms with Crippen molar-refractivity contribution >= 4 is 46.4 Å². The van der Waals surface area contributed by atoms with Gasteiger partial charge in [-0.1, -0.05) is 40.5 Å². The first-order valence-corrected chi connectivity index (χ1v) is 9.42. The first kappa shape index (κ1) is 19.2. The molecule has 0 aliphatic carbocycles. The lowest BCUT2D eigenvalue weighted by molar-refractivity contribution is -0.129. The van der Waals surface area contributed by atoms with Gasteiger partial charge in [0.15, 0.2) is 5.82 Å². The minimum atomic E-state index is -0.819. The number of nitrogens with zero attached hydrogens (tertiary/aromatic N) is 2. The van der Waals surface area contributed by atoms with E-state index in [9.17, 15) is 14.4 Å². The van der Waals surface area contributed by atoms with Gasteiger partial charge >= 0.3 is 5.76 Å². The van der Waals surface area contributed by atoms with Gasteiger partial charge in [-0.15, -0.1) is 0 Å². The molecule has 1 unspecified atom stereocenters. The summed E-state index contributed by atoms with van der Waals surface area (Å²) in [7, 11) is 0. The highest BCUT2D eigenvalue weighted by molar-refractivity contribution is 6.42. The Kier molecular flexibility index (Phi) is 5.12. The monoisotopic (exact) mass is 432 g/mol. The van der Waals surface area contributed by atoms with Crippen LogP contribution in [0.2, 0.25) is 10.0 Å². The van der Waals surface area contributed by atoms with E-state index < -0.39 is 17.6 Å². The molecule has 2 amide bonds. The molecular formula is C19H14Cl2N4O4. The summed E-state index contributed by atoms with van der Waals surface area (Å²) in [5.41, 5.74) is 1.62. The van der Waals surface area contributed by atoms with Crippen LogP contribution in [-0.2, 0) is 9.59 Å². The number of carbonyl (C=O) groups excluding carboxylic acids is 2. The molecule has 0 saturated carbocycles. The molecule has 2 aromatic carbocycles. The van der Waals surface area contributed by atoms with Crippen molar-refractivity contribution in [2.45, 2.75) is 6.42 Å². The summed E-state index contributed by atoms with van der Waals surface area (Å²) in [6.07, 6.45) is 0.376. The molecule has 2 heterocycles. The smallest absolute Gasteiger partial charge is 0.325 e. The number of aromatic nitrogens is 2. The molecule has 1 fully saturated rings. The topological polar surface area (TPSA) is 108 Å². The van der Waals surface area contributed by atoms with Crippen molar-refractivity contribution in [3.63, 3.8) is 0 Å². The van der Waals surface area contributed by atoms with Gasteiger partial charge in [0, 0.05) is 23.5 Å². The minimum absolute atomic E-state index is 0.244. The van der Waals surface area contributed by atoms with Crippen LogP contribution in [0.25, 0.3) is 11.4 Å². The van der Waals surface area contributed by atoms with Crippen LogP contribution in [0.3, 0.4) is 0 Å². The average molecular weight is 433 g/mol. The molecule has 1 aliphatic rings. The fourth-order valence-electron chi connectivity index (χ4n) is 3.16. The first-order valence-electron chi connectivity index (χ1n) is 8.66. The molecule has 8 nitrogen and oxygen atoms in total. The molecule has 2 N–H and O–H groups in total. The number of hydrogen-bond donors (Lipinski definition) is 2. The molecule has 1 saturated heterocycles. The molecule has 10 heteroatoms. The second kappa shape index (κ2) is 7.73. The van der Waals surface area contributed by atoms with Crippen LogP contribution in [0, 0.1) is 5.92 Å². The van der Waals surface area contributed by atoms with E-state index in [1.165, 1.54) is 4.90 Å². The molecule has 0 spiro atoms. The highest BCUT2D eigenvalue weighted by Gasteiger charge is 2.37. The van der Waals surface area contributed by atoms with Crippen molar-refractivity contribution in [2.24, 2.45) is 5.92 Å². The van der Waals surface area contributed by atoms with Crippen molar-refractivity contribution < 1.29 is 14.1 Å². The Hall–Kier alpha value is -3.10. The van der Waals surface area contributed by atoms with Gasteiger partial charge in [-0.2, -0.15) is 0 Å². The standard InChI is InChI=1S/C19H14Cl2N4O4/c20-14-5-4-12(9-15(14)21)25-7-6-13(18(25)27)17(26)22-11-3-1-2-10(8-11)16-23-19(28)29-24-16/h1-5,8-9,13H,6-7H2,(H,22,26)(H,23,24,28). The number of amides is 2. The van der Waals surface area contributed by atoms with Crippen LogP contribution in [-0.4, -0.2) is 28.5 Å². The first-order chi connectivity index (χ1) is 13.9.